The zero-order chi connectivity index (χ0) is 16.1. The molecule has 0 bridgehead atoms. The van der Waals surface area contributed by atoms with Crippen LogP contribution in [0.25, 0.3) is 0 Å². The number of amides is 2. The van der Waals surface area contributed by atoms with E-state index in [0.29, 0.717) is 19.4 Å². The highest BCUT2D eigenvalue weighted by Gasteiger charge is 2.33. The number of carbonyl (C=O) groups is 2. The highest BCUT2D eigenvalue weighted by molar-refractivity contribution is 5.96. The lowest BCUT2D eigenvalue weighted by Gasteiger charge is -2.26. The second kappa shape index (κ2) is 7.25. The molecule has 0 spiro atoms. The summed E-state index contributed by atoms with van der Waals surface area (Å²) in [7, 11) is 0. The van der Waals surface area contributed by atoms with Gasteiger partial charge in [0.2, 0.25) is 11.8 Å². The number of hydrogen-bond acceptors (Lipinski definition) is 2. The molecule has 4 nitrogen and oxygen atoms in total. The van der Waals surface area contributed by atoms with Gasteiger partial charge in [0.1, 0.15) is 0 Å². The Hall–Kier alpha value is -2.10. The molecule has 1 aliphatic carbocycles. The molecule has 2 N–H and O–H groups in total. The molecule has 118 valence electrons. The Morgan fingerprint density at radius 1 is 1.05 bits per heavy atom. The summed E-state index contributed by atoms with van der Waals surface area (Å²) in [5.74, 6) is -0.703. The van der Waals surface area contributed by atoms with E-state index in [1.165, 1.54) is 5.56 Å². The van der Waals surface area contributed by atoms with Crippen LogP contribution in [0.4, 0.5) is 5.69 Å². The molecule has 1 aliphatic rings. The molecule has 2 rings (SSSR count). The third-order valence-electron chi connectivity index (χ3n) is 4.23. The van der Waals surface area contributed by atoms with Crippen LogP contribution in [0.3, 0.4) is 0 Å². The fraction of sp³-hybridized carbons (Fsp3) is 0.444. The third kappa shape index (κ3) is 3.75. The fourth-order valence-electron chi connectivity index (χ4n) is 2.75. The summed E-state index contributed by atoms with van der Waals surface area (Å²) >= 11 is 0. The normalized spacial score (nSPS) is 20.5. The van der Waals surface area contributed by atoms with Crippen molar-refractivity contribution in [1.82, 2.24) is 5.32 Å². The summed E-state index contributed by atoms with van der Waals surface area (Å²) in [6.45, 7) is 6.54. The first-order chi connectivity index (χ1) is 10.5. The van der Waals surface area contributed by atoms with Crippen molar-refractivity contribution in [2.75, 3.05) is 11.9 Å². The number of aryl methyl sites for hydroxylation is 2. The largest absolute Gasteiger partial charge is 0.356 e. The Morgan fingerprint density at radius 3 is 2.27 bits per heavy atom. The number of anilines is 1. The molecule has 2 atom stereocenters. The van der Waals surface area contributed by atoms with Crippen molar-refractivity contribution >= 4 is 17.5 Å². The number of benzene rings is 1. The smallest absolute Gasteiger partial charge is 0.228 e. The van der Waals surface area contributed by atoms with Gasteiger partial charge in [-0.05, 0) is 56.9 Å². The maximum absolute atomic E-state index is 12.6. The first-order valence-electron chi connectivity index (χ1n) is 7.83. The topological polar surface area (TPSA) is 58.2 Å². The van der Waals surface area contributed by atoms with Gasteiger partial charge in [-0.1, -0.05) is 18.2 Å². The Bertz CT molecular complexity index is 593. The molecule has 2 unspecified atom stereocenters. The minimum atomic E-state index is -0.307. The zero-order valence-corrected chi connectivity index (χ0v) is 13.5. The number of nitrogens with one attached hydrogen (secondary N) is 2. The van der Waals surface area contributed by atoms with E-state index in [4.69, 9.17) is 0 Å². The molecular formula is C18H24N2O2. The van der Waals surface area contributed by atoms with Crippen molar-refractivity contribution in [3.63, 3.8) is 0 Å². The van der Waals surface area contributed by atoms with Crippen LogP contribution in [-0.2, 0) is 9.59 Å². The van der Waals surface area contributed by atoms with Gasteiger partial charge >= 0.3 is 0 Å². The van der Waals surface area contributed by atoms with Crippen LogP contribution >= 0.6 is 0 Å². The van der Waals surface area contributed by atoms with Gasteiger partial charge in [0.05, 0.1) is 11.8 Å². The average molecular weight is 300 g/mol. The van der Waals surface area contributed by atoms with Gasteiger partial charge in [0, 0.05) is 12.2 Å². The Morgan fingerprint density at radius 2 is 1.68 bits per heavy atom. The highest BCUT2D eigenvalue weighted by atomic mass is 16.2. The fourth-order valence-corrected chi connectivity index (χ4v) is 2.75. The van der Waals surface area contributed by atoms with Crippen molar-refractivity contribution < 1.29 is 9.59 Å². The average Bonchev–Trinajstić information content (AvgIpc) is 2.51. The maximum atomic E-state index is 12.6. The monoisotopic (exact) mass is 300 g/mol. The Balaban J connectivity index is 2.10. The summed E-state index contributed by atoms with van der Waals surface area (Å²) in [4.78, 5) is 24.7. The van der Waals surface area contributed by atoms with Crippen molar-refractivity contribution in [1.29, 1.82) is 0 Å². The van der Waals surface area contributed by atoms with E-state index in [1.54, 1.807) is 0 Å². The van der Waals surface area contributed by atoms with Crippen molar-refractivity contribution in [3.05, 3.63) is 41.5 Å². The molecule has 0 aromatic heterocycles. The number of hydrogen-bond donors (Lipinski definition) is 2. The Labute approximate surface area is 132 Å². The molecular weight excluding hydrogens is 276 g/mol. The number of allylic oxidation sites excluding steroid dienone is 2. The van der Waals surface area contributed by atoms with E-state index in [-0.39, 0.29) is 23.7 Å². The minimum Gasteiger partial charge on any atom is -0.356 e. The molecule has 0 fully saturated rings. The van der Waals surface area contributed by atoms with E-state index in [0.717, 1.165) is 11.3 Å². The molecule has 0 saturated heterocycles. The summed E-state index contributed by atoms with van der Waals surface area (Å²) in [6, 6.07) is 5.86. The van der Waals surface area contributed by atoms with Gasteiger partial charge in [0.25, 0.3) is 0 Å². The number of rotatable bonds is 4. The lowest BCUT2D eigenvalue weighted by Crippen LogP contribution is -2.40. The lowest BCUT2D eigenvalue weighted by atomic mass is 9.81. The van der Waals surface area contributed by atoms with Crippen LogP contribution in [0.15, 0.2) is 30.4 Å². The van der Waals surface area contributed by atoms with Crippen LogP contribution in [0.2, 0.25) is 0 Å². The summed E-state index contributed by atoms with van der Waals surface area (Å²) in [6.07, 6.45) is 5.20. The highest BCUT2D eigenvalue weighted by Crippen LogP contribution is 2.27. The van der Waals surface area contributed by atoms with Crippen molar-refractivity contribution in [2.24, 2.45) is 11.8 Å². The molecule has 1 aromatic carbocycles. The molecule has 22 heavy (non-hydrogen) atoms. The van der Waals surface area contributed by atoms with Gasteiger partial charge in [-0.2, -0.15) is 0 Å². The SMILES string of the molecule is CCNC(=O)C1CC=CCC1C(=O)Nc1ccc(C)c(C)c1. The minimum absolute atomic E-state index is 0.0351. The van der Waals surface area contributed by atoms with Gasteiger partial charge in [-0.3, -0.25) is 9.59 Å². The van der Waals surface area contributed by atoms with Gasteiger partial charge in [0.15, 0.2) is 0 Å². The summed E-state index contributed by atoms with van der Waals surface area (Å²) in [5.41, 5.74) is 3.12. The van der Waals surface area contributed by atoms with Crippen LogP contribution in [-0.4, -0.2) is 18.4 Å². The second-order valence-electron chi connectivity index (χ2n) is 5.84. The van der Waals surface area contributed by atoms with Gasteiger partial charge in [-0.15, -0.1) is 0 Å². The van der Waals surface area contributed by atoms with E-state index < -0.39 is 0 Å². The molecule has 1 aromatic rings. The molecule has 0 heterocycles. The zero-order valence-electron chi connectivity index (χ0n) is 13.5. The van der Waals surface area contributed by atoms with E-state index in [2.05, 4.69) is 10.6 Å². The lowest BCUT2D eigenvalue weighted by molar-refractivity contribution is -0.132. The van der Waals surface area contributed by atoms with Crippen LogP contribution in [0, 0.1) is 25.7 Å². The van der Waals surface area contributed by atoms with E-state index >= 15 is 0 Å². The molecule has 4 heteroatoms. The van der Waals surface area contributed by atoms with Gasteiger partial charge < -0.3 is 10.6 Å². The molecule has 0 aliphatic heterocycles. The first-order valence-corrected chi connectivity index (χ1v) is 7.83. The van der Waals surface area contributed by atoms with E-state index in [9.17, 15) is 9.59 Å². The quantitative estimate of drug-likeness (QED) is 0.840. The molecule has 0 radical (unpaired) electrons. The van der Waals surface area contributed by atoms with Gasteiger partial charge in [-0.25, -0.2) is 0 Å². The summed E-state index contributed by atoms with van der Waals surface area (Å²) < 4.78 is 0. The van der Waals surface area contributed by atoms with Crippen LogP contribution in [0.1, 0.15) is 30.9 Å². The van der Waals surface area contributed by atoms with E-state index in [1.807, 2.05) is 51.1 Å². The second-order valence-corrected chi connectivity index (χ2v) is 5.84. The van der Waals surface area contributed by atoms with Crippen molar-refractivity contribution in [3.8, 4) is 0 Å². The standard InChI is InChI=1S/C18H24N2O2/c1-4-19-17(21)15-7-5-6-8-16(15)18(22)20-14-10-9-12(2)13(3)11-14/h5-6,9-11,15-16H,4,7-8H2,1-3H3,(H,19,21)(H,20,22). The van der Waals surface area contributed by atoms with Crippen LogP contribution in [0.5, 0.6) is 0 Å². The first kappa shape index (κ1) is 16.3. The summed E-state index contributed by atoms with van der Waals surface area (Å²) in [5, 5.41) is 5.78. The maximum Gasteiger partial charge on any atom is 0.228 e. The molecule has 2 amide bonds. The Kier molecular flexibility index (Phi) is 5.36. The predicted octanol–water partition coefficient (Wildman–Crippen LogP) is 2.96. The van der Waals surface area contributed by atoms with Crippen molar-refractivity contribution in [2.45, 2.75) is 33.6 Å². The third-order valence-corrected chi connectivity index (χ3v) is 4.23. The number of carbonyl (C=O) groups excluding carboxylic acids is 2. The van der Waals surface area contributed by atoms with Crippen LogP contribution < -0.4 is 10.6 Å². The molecule has 0 saturated carbocycles. The predicted molar refractivity (Wildman–Crippen MR) is 88.6 cm³/mol.